The second kappa shape index (κ2) is 7.00. The number of hydrogen-bond donors (Lipinski definition) is 2. The minimum absolute atomic E-state index is 0.00296. The molecule has 2 N–H and O–H groups in total. The summed E-state index contributed by atoms with van der Waals surface area (Å²) in [7, 11) is 1.34. The molecule has 0 saturated carbocycles. The van der Waals surface area contributed by atoms with Crippen molar-refractivity contribution in [3.8, 4) is 0 Å². The molecule has 0 radical (unpaired) electrons. The van der Waals surface area contributed by atoms with Crippen molar-refractivity contribution in [1.29, 1.82) is 0 Å². The summed E-state index contributed by atoms with van der Waals surface area (Å²) in [5.41, 5.74) is 0.667. The van der Waals surface area contributed by atoms with E-state index in [9.17, 15) is 9.59 Å². The summed E-state index contributed by atoms with van der Waals surface area (Å²) in [6.45, 7) is 4.85. The molecule has 1 fully saturated rings. The minimum Gasteiger partial charge on any atom is -0.465 e. The number of hydrogen-bond acceptors (Lipinski definition) is 6. The Morgan fingerprint density at radius 3 is 2.90 bits per heavy atom. The zero-order valence-electron chi connectivity index (χ0n) is 12.6. The highest BCUT2D eigenvalue weighted by Gasteiger charge is 2.26. The summed E-state index contributed by atoms with van der Waals surface area (Å²) in [6, 6.07) is 0.350. The van der Waals surface area contributed by atoms with E-state index in [1.54, 1.807) is 0 Å². The largest absolute Gasteiger partial charge is 0.465 e. The summed E-state index contributed by atoms with van der Waals surface area (Å²) < 4.78 is 4.74. The van der Waals surface area contributed by atoms with Crippen molar-refractivity contribution in [2.45, 2.75) is 39.2 Å². The lowest BCUT2D eigenvalue weighted by Crippen LogP contribution is -2.40. The normalized spacial score (nSPS) is 21.9. The maximum absolute atomic E-state index is 12.3. The van der Waals surface area contributed by atoms with Crippen LogP contribution >= 0.6 is 11.3 Å². The number of ether oxygens (including phenoxy) is 1. The molecular formula is C14H21N3O3S. The first kappa shape index (κ1) is 15.9. The molecule has 7 heteroatoms. The Morgan fingerprint density at radius 2 is 2.29 bits per heavy atom. The SMILES string of the molecule is CCc1nc(NC(=O)[C@H]2CCN[C@@H](C)C2)sc1C(=O)OC. The Kier molecular flexibility index (Phi) is 5.30. The maximum Gasteiger partial charge on any atom is 0.350 e. The summed E-state index contributed by atoms with van der Waals surface area (Å²) in [5, 5.41) is 6.64. The van der Waals surface area contributed by atoms with Crippen molar-refractivity contribution in [1.82, 2.24) is 10.3 Å². The van der Waals surface area contributed by atoms with E-state index >= 15 is 0 Å². The molecule has 1 amide bonds. The third-order valence-corrected chi connectivity index (χ3v) is 4.62. The van der Waals surface area contributed by atoms with E-state index in [0.29, 0.717) is 28.2 Å². The van der Waals surface area contributed by atoms with Gasteiger partial charge in [-0.2, -0.15) is 0 Å². The molecule has 21 heavy (non-hydrogen) atoms. The van der Waals surface area contributed by atoms with Crippen LogP contribution < -0.4 is 10.6 Å². The number of carbonyl (C=O) groups excluding carboxylic acids is 2. The molecule has 0 bridgehead atoms. The zero-order chi connectivity index (χ0) is 15.4. The van der Waals surface area contributed by atoms with Crippen LogP contribution in [0.2, 0.25) is 0 Å². The van der Waals surface area contributed by atoms with E-state index < -0.39 is 5.97 Å². The maximum atomic E-state index is 12.3. The second-order valence-electron chi connectivity index (χ2n) is 5.21. The Labute approximate surface area is 128 Å². The molecule has 1 aromatic heterocycles. The topological polar surface area (TPSA) is 80.3 Å². The lowest BCUT2D eigenvalue weighted by molar-refractivity contribution is -0.120. The van der Waals surface area contributed by atoms with Crippen LogP contribution in [0.5, 0.6) is 0 Å². The van der Waals surface area contributed by atoms with E-state index in [2.05, 4.69) is 22.5 Å². The van der Waals surface area contributed by atoms with Gasteiger partial charge >= 0.3 is 5.97 Å². The van der Waals surface area contributed by atoms with Gasteiger partial charge in [0.15, 0.2) is 5.13 Å². The van der Waals surface area contributed by atoms with Crippen molar-refractivity contribution >= 4 is 28.3 Å². The van der Waals surface area contributed by atoms with E-state index in [0.717, 1.165) is 19.4 Å². The first-order valence-corrected chi connectivity index (χ1v) is 7.99. The standard InChI is InChI=1S/C14H21N3O3S/c1-4-10-11(13(19)20-3)21-14(16-10)17-12(18)9-5-6-15-8(2)7-9/h8-9,15H,4-7H2,1-3H3,(H,16,17,18)/t8-,9-/m0/s1. The van der Waals surface area contributed by atoms with Crippen molar-refractivity contribution in [2.24, 2.45) is 5.92 Å². The van der Waals surface area contributed by atoms with Gasteiger partial charge in [-0.25, -0.2) is 9.78 Å². The first-order valence-electron chi connectivity index (χ1n) is 7.17. The van der Waals surface area contributed by atoms with Gasteiger partial charge in [0.25, 0.3) is 0 Å². The van der Waals surface area contributed by atoms with Gasteiger partial charge in [0.2, 0.25) is 5.91 Å². The molecule has 0 unspecified atom stereocenters. The van der Waals surface area contributed by atoms with Gasteiger partial charge in [0.05, 0.1) is 12.8 Å². The number of nitrogens with one attached hydrogen (secondary N) is 2. The number of anilines is 1. The predicted molar refractivity (Wildman–Crippen MR) is 81.6 cm³/mol. The number of piperidine rings is 1. The van der Waals surface area contributed by atoms with Crippen LogP contribution in [0.25, 0.3) is 0 Å². The average Bonchev–Trinajstić information content (AvgIpc) is 2.89. The number of amides is 1. The number of rotatable bonds is 4. The van der Waals surface area contributed by atoms with Crippen LogP contribution in [0, 0.1) is 5.92 Å². The van der Waals surface area contributed by atoms with Crippen molar-refractivity contribution in [3.05, 3.63) is 10.6 Å². The number of aromatic nitrogens is 1. The van der Waals surface area contributed by atoms with E-state index in [1.165, 1.54) is 18.4 Å². The Hall–Kier alpha value is -1.47. The molecule has 2 heterocycles. The molecule has 116 valence electrons. The highest BCUT2D eigenvalue weighted by atomic mass is 32.1. The molecule has 1 aliphatic heterocycles. The van der Waals surface area contributed by atoms with Gasteiger partial charge in [-0.15, -0.1) is 0 Å². The monoisotopic (exact) mass is 311 g/mol. The molecule has 0 spiro atoms. The molecule has 1 aromatic rings. The Balaban J connectivity index is 2.07. The van der Waals surface area contributed by atoms with Crippen molar-refractivity contribution in [3.63, 3.8) is 0 Å². The minimum atomic E-state index is -0.402. The fraction of sp³-hybridized carbons (Fsp3) is 0.643. The van der Waals surface area contributed by atoms with Gasteiger partial charge in [-0.3, -0.25) is 4.79 Å². The quantitative estimate of drug-likeness (QED) is 0.829. The highest BCUT2D eigenvalue weighted by Crippen LogP contribution is 2.26. The number of thiazole rings is 1. The Morgan fingerprint density at radius 1 is 1.52 bits per heavy atom. The third kappa shape index (κ3) is 3.79. The van der Waals surface area contributed by atoms with Gasteiger partial charge in [0.1, 0.15) is 4.88 Å². The number of carbonyl (C=O) groups is 2. The van der Waals surface area contributed by atoms with E-state index in [1.807, 2.05) is 6.92 Å². The molecule has 0 aliphatic carbocycles. The van der Waals surface area contributed by atoms with Gasteiger partial charge in [-0.05, 0) is 32.7 Å². The molecular weight excluding hydrogens is 290 g/mol. The van der Waals surface area contributed by atoms with Crippen LogP contribution in [0.1, 0.15) is 42.1 Å². The van der Waals surface area contributed by atoms with Crippen LogP contribution in [0.3, 0.4) is 0 Å². The summed E-state index contributed by atoms with van der Waals surface area (Å²) in [5.74, 6) is -0.423. The lowest BCUT2D eigenvalue weighted by atomic mass is 9.92. The summed E-state index contributed by atoms with van der Waals surface area (Å²) >= 11 is 1.18. The first-order chi connectivity index (χ1) is 10.0. The molecule has 2 atom stereocenters. The number of aryl methyl sites for hydroxylation is 1. The van der Waals surface area contributed by atoms with Gasteiger partial charge < -0.3 is 15.4 Å². The Bertz CT molecular complexity index is 530. The van der Waals surface area contributed by atoms with Crippen LogP contribution in [-0.2, 0) is 16.0 Å². The summed E-state index contributed by atoms with van der Waals surface area (Å²) in [4.78, 5) is 28.7. The lowest BCUT2D eigenvalue weighted by Gasteiger charge is -2.26. The third-order valence-electron chi connectivity index (χ3n) is 3.63. The van der Waals surface area contributed by atoms with Crippen molar-refractivity contribution in [2.75, 3.05) is 19.0 Å². The molecule has 2 rings (SSSR count). The zero-order valence-corrected chi connectivity index (χ0v) is 13.4. The molecule has 0 aromatic carbocycles. The number of nitrogens with zero attached hydrogens (tertiary/aromatic N) is 1. The van der Waals surface area contributed by atoms with Crippen LogP contribution in [0.15, 0.2) is 0 Å². The average molecular weight is 311 g/mol. The van der Waals surface area contributed by atoms with E-state index in [-0.39, 0.29) is 11.8 Å². The molecule has 1 saturated heterocycles. The number of methoxy groups -OCH3 is 1. The molecule has 6 nitrogen and oxygen atoms in total. The fourth-order valence-electron chi connectivity index (χ4n) is 2.47. The summed E-state index contributed by atoms with van der Waals surface area (Å²) in [6.07, 6.45) is 2.27. The highest BCUT2D eigenvalue weighted by molar-refractivity contribution is 7.17. The molecule has 1 aliphatic rings. The van der Waals surface area contributed by atoms with Crippen LogP contribution in [-0.4, -0.2) is 36.6 Å². The van der Waals surface area contributed by atoms with Gasteiger partial charge in [0, 0.05) is 12.0 Å². The fourth-order valence-corrected chi connectivity index (χ4v) is 3.45. The predicted octanol–water partition coefficient (Wildman–Crippen LogP) is 1.82. The van der Waals surface area contributed by atoms with Crippen molar-refractivity contribution < 1.29 is 14.3 Å². The second-order valence-corrected chi connectivity index (χ2v) is 6.20. The van der Waals surface area contributed by atoms with Gasteiger partial charge in [-0.1, -0.05) is 18.3 Å². The smallest absolute Gasteiger partial charge is 0.350 e. The number of esters is 1. The van der Waals surface area contributed by atoms with Crippen LogP contribution in [0.4, 0.5) is 5.13 Å². The van der Waals surface area contributed by atoms with E-state index in [4.69, 9.17) is 4.74 Å².